The van der Waals surface area contributed by atoms with Crippen molar-refractivity contribution in [2.24, 2.45) is 0 Å². The Morgan fingerprint density at radius 1 is 1.04 bits per heavy atom. The SMILES string of the molecule is CN(C)c1nccc(N2CCN(c3ncccc3C#N)CC2)n1. The molecule has 118 valence electrons. The van der Waals surface area contributed by atoms with Crippen molar-refractivity contribution in [2.45, 2.75) is 0 Å². The molecule has 0 saturated carbocycles. The van der Waals surface area contributed by atoms with Crippen LogP contribution in [0.3, 0.4) is 0 Å². The maximum absolute atomic E-state index is 9.21. The van der Waals surface area contributed by atoms with Gasteiger partial charge in [0, 0.05) is 52.7 Å². The minimum Gasteiger partial charge on any atom is -0.353 e. The summed E-state index contributed by atoms with van der Waals surface area (Å²) in [7, 11) is 3.86. The molecule has 0 unspecified atom stereocenters. The summed E-state index contributed by atoms with van der Waals surface area (Å²) in [5, 5.41) is 9.21. The minimum absolute atomic E-state index is 0.623. The molecule has 0 aliphatic carbocycles. The monoisotopic (exact) mass is 309 g/mol. The number of pyridine rings is 1. The predicted molar refractivity (Wildman–Crippen MR) is 89.7 cm³/mol. The third-order valence-electron chi connectivity index (χ3n) is 3.84. The fraction of sp³-hybridized carbons (Fsp3) is 0.375. The highest BCUT2D eigenvalue weighted by molar-refractivity contribution is 5.55. The van der Waals surface area contributed by atoms with Gasteiger partial charge < -0.3 is 14.7 Å². The molecule has 7 nitrogen and oxygen atoms in total. The zero-order valence-corrected chi connectivity index (χ0v) is 13.3. The van der Waals surface area contributed by atoms with Gasteiger partial charge in [0.05, 0.1) is 5.56 Å². The lowest BCUT2D eigenvalue weighted by molar-refractivity contribution is 0.640. The highest BCUT2D eigenvalue weighted by Crippen LogP contribution is 2.21. The molecule has 0 bridgehead atoms. The highest BCUT2D eigenvalue weighted by atomic mass is 15.3. The number of nitrogens with zero attached hydrogens (tertiary/aromatic N) is 7. The zero-order valence-electron chi connectivity index (χ0n) is 13.3. The second kappa shape index (κ2) is 6.48. The van der Waals surface area contributed by atoms with Gasteiger partial charge in [-0.15, -0.1) is 0 Å². The van der Waals surface area contributed by atoms with Crippen LogP contribution in [0.1, 0.15) is 5.56 Å². The molecule has 3 rings (SSSR count). The van der Waals surface area contributed by atoms with Crippen molar-refractivity contribution < 1.29 is 0 Å². The van der Waals surface area contributed by atoms with Crippen LogP contribution in [0.2, 0.25) is 0 Å². The van der Waals surface area contributed by atoms with Crippen LogP contribution in [-0.2, 0) is 0 Å². The summed E-state index contributed by atoms with van der Waals surface area (Å²) in [6, 6.07) is 7.75. The van der Waals surface area contributed by atoms with Gasteiger partial charge in [-0.2, -0.15) is 10.2 Å². The zero-order chi connectivity index (χ0) is 16.2. The van der Waals surface area contributed by atoms with Crippen molar-refractivity contribution in [3.05, 3.63) is 36.2 Å². The third-order valence-corrected chi connectivity index (χ3v) is 3.84. The Kier molecular flexibility index (Phi) is 4.24. The third kappa shape index (κ3) is 3.16. The van der Waals surface area contributed by atoms with E-state index in [4.69, 9.17) is 0 Å². The van der Waals surface area contributed by atoms with Crippen molar-refractivity contribution in [1.29, 1.82) is 5.26 Å². The molecule has 2 aromatic rings. The Morgan fingerprint density at radius 2 is 1.78 bits per heavy atom. The largest absolute Gasteiger partial charge is 0.353 e. The first-order valence-electron chi connectivity index (χ1n) is 7.54. The Labute approximate surface area is 135 Å². The maximum atomic E-state index is 9.21. The Hall–Kier alpha value is -2.88. The molecule has 0 amide bonds. The molecule has 7 heteroatoms. The lowest BCUT2D eigenvalue weighted by Crippen LogP contribution is -2.47. The van der Waals surface area contributed by atoms with E-state index in [0.29, 0.717) is 11.5 Å². The van der Waals surface area contributed by atoms with Gasteiger partial charge in [-0.05, 0) is 18.2 Å². The summed E-state index contributed by atoms with van der Waals surface area (Å²) in [6.45, 7) is 3.30. The lowest BCUT2D eigenvalue weighted by Gasteiger charge is -2.36. The molecule has 2 aromatic heterocycles. The van der Waals surface area contributed by atoms with Gasteiger partial charge in [0.2, 0.25) is 5.95 Å². The van der Waals surface area contributed by atoms with Gasteiger partial charge in [0.1, 0.15) is 17.7 Å². The number of aromatic nitrogens is 3. The van der Waals surface area contributed by atoms with Crippen LogP contribution in [0.5, 0.6) is 0 Å². The predicted octanol–water partition coefficient (Wildman–Crippen LogP) is 1.14. The molecule has 0 radical (unpaired) electrons. The second-order valence-corrected chi connectivity index (χ2v) is 5.57. The van der Waals surface area contributed by atoms with E-state index in [1.54, 1.807) is 18.5 Å². The fourth-order valence-corrected chi connectivity index (χ4v) is 2.61. The van der Waals surface area contributed by atoms with Crippen LogP contribution < -0.4 is 14.7 Å². The number of nitriles is 1. The first kappa shape index (κ1) is 15.0. The van der Waals surface area contributed by atoms with Gasteiger partial charge in [0.15, 0.2) is 0 Å². The molecule has 1 aliphatic heterocycles. The van der Waals surface area contributed by atoms with Crippen molar-refractivity contribution >= 4 is 17.6 Å². The van der Waals surface area contributed by atoms with Gasteiger partial charge >= 0.3 is 0 Å². The Balaban J connectivity index is 1.71. The first-order chi connectivity index (χ1) is 11.2. The van der Waals surface area contributed by atoms with Crippen molar-refractivity contribution in [1.82, 2.24) is 15.0 Å². The Morgan fingerprint density at radius 3 is 2.48 bits per heavy atom. The second-order valence-electron chi connectivity index (χ2n) is 5.57. The van der Waals surface area contributed by atoms with Gasteiger partial charge in [-0.25, -0.2) is 9.97 Å². The standard InChI is InChI=1S/C16H19N7/c1-21(2)16-19-7-5-14(20-16)22-8-10-23(11-9-22)15-13(12-17)4-3-6-18-15/h3-7H,8-11H2,1-2H3. The molecule has 1 aliphatic rings. The quantitative estimate of drug-likeness (QED) is 0.841. The molecule has 23 heavy (non-hydrogen) atoms. The molecule has 1 fully saturated rings. The Bertz CT molecular complexity index is 714. The van der Waals surface area contributed by atoms with Gasteiger partial charge in [-0.3, -0.25) is 0 Å². The summed E-state index contributed by atoms with van der Waals surface area (Å²) in [4.78, 5) is 19.5. The summed E-state index contributed by atoms with van der Waals surface area (Å²) in [5.74, 6) is 2.41. The van der Waals surface area contributed by atoms with Gasteiger partial charge in [-0.1, -0.05) is 0 Å². The summed E-state index contributed by atoms with van der Waals surface area (Å²) >= 11 is 0. The molecular weight excluding hydrogens is 290 g/mol. The van der Waals surface area contributed by atoms with Crippen LogP contribution in [0.15, 0.2) is 30.6 Å². The molecule has 0 N–H and O–H groups in total. The molecule has 1 saturated heterocycles. The first-order valence-corrected chi connectivity index (χ1v) is 7.54. The van der Waals surface area contributed by atoms with E-state index in [0.717, 1.165) is 37.8 Å². The number of hydrogen-bond donors (Lipinski definition) is 0. The van der Waals surface area contributed by atoms with E-state index in [2.05, 4.69) is 30.8 Å². The van der Waals surface area contributed by atoms with Gasteiger partial charge in [0.25, 0.3) is 0 Å². The number of anilines is 3. The van der Waals surface area contributed by atoms with Crippen LogP contribution in [-0.4, -0.2) is 55.2 Å². The van der Waals surface area contributed by atoms with E-state index in [1.807, 2.05) is 31.1 Å². The van der Waals surface area contributed by atoms with E-state index in [9.17, 15) is 5.26 Å². The molecule has 0 spiro atoms. The van der Waals surface area contributed by atoms with Crippen LogP contribution in [0.4, 0.5) is 17.6 Å². The summed E-state index contributed by atoms with van der Waals surface area (Å²) in [5.41, 5.74) is 0.623. The lowest BCUT2D eigenvalue weighted by atomic mass is 10.2. The molecule has 3 heterocycles. The fourth-order valence-electron chi connectivity index (χ4n) is 2.61. The number of rotatable bonds is 3. The molecular formula is C16H19N7. The van der Waals surface area contributed by atoms with Crippen LogP contribution >= 0.6 is 0 Å². The average Bonchev–Trinajstić information content (AvgIpc) is 2.62. The van der Waals surface area contributed by atoms with E-state index < -0.39 is 0 Å². The van der Waals surface area contributed by atoms with E-state index in [-0.39, 0.29) is 0 Å². The minimum atomic E-state index is 0.623. The summed E-state index contributed by atoms with van der Waals surface area (Å²) in [6.07, 6.45) is 3.52. The van der Waals surface area contributed by atoms with Crippen molar-refractivity contribution in [3.63, 3.8) is 0 Å². The number of hydrogen-bond acceptors (Lipinski definition) is 7. The summed E-state index contributed by atoms with van der Waals surface area (Å²) < 4.78 is 0. The maximum Gasteiger partial charge on any atom is 0.226 e. The average molecular weight is 309 g/mol. The smallest absolute Gasteiger partial charge is 0.226 e. The normalized spacial score (nSPS) is 14.5. The van der Waals surface area contributed by atoms with E-state index in [1.165, 1.54) is 0 Å². The van der Waals surface area contributed by atoms with Crippen LogP contribution in [0, 0.1) is 11.3 Å². The van der Waals surface area contributed by atoms with Crippen LogP contribution in [0.25, 0.3) is 0 Å². The molecule has 0 atom stereocenters. The van der Waals surface area contributed by atoms with E-state index >= 15 is 0 Å². The van der Waals surface area contributed by atoms with Crippen molar-refractivity contribution in [3.8, 4) is 6.07 Å². The van der Waals surface area contributed by atoms with Crippen molar-refractivity contribution in [2.75, 3.05) is 55.0 Å². The molecule has 0 aromatic carbocycles. The number of piperazine rings is 1. The topological polar surface area (TPSA) is 72.2 Å². The highest BCUT2D eigenvalue weighted by Gasteiger charge is 2.21.